The van der Waals surface area contributed by atoms with Gasteiger partial charge in [0.25, 0.3) is 0 Å². The summed E-state index contributed by atoms with van der Waals surface area (Å²) in [6.45, 7) is 2.60. The van der Waals surface area contributed by atoms with Crippen molar-refractivity contribution >= 4 is 11.9 Å². The van der Waals surface area contributed by atoms with Crippen LogP contribution in [-0.2, 0) is 6.54 Å². The van der Waals surface area contributed by atoms with Crippen LogP contribution in [-0.4, -0.2) is 30.0 Å². The maximum Gasteiger partial charge on any atom is 0.202 e. The van der Waals surface area contributed by atoms with Crippen LogP contribution < -0.4 is 11.1 Å². The van der Waals surface area contributed by atoms with Crippen molar-refractivity contribution in [2.45, 2.75) is 19.6 Å². The van der Waals surface area contributed by atoms with Gasteiger partial charge in [0.2, 0.25) is 5.96 Å². The molecular weight excluding hydrogens is 206 g/mol. The smallest absolute Gasteiger partial charge is 0.202 e. The van der Waals surface area contributed by atoms with Crippen LogP contribution in [0.2, 0.25) is 0 Å². The molecule has 6 nitrogen and oxygen atoms in total. The summed E-state index contributed by atoms with van der Waals surface area (Å²) in [7, 11) is 1.93. The third-order valence-electron chi connectivity index (χ3n) is 2.24. The van der Waals surface area contributed by atoms with E-state index in [1.54, 1.807) is 12.5 Å². The van der Waals surface area contributed by atoms with Gasteiger partial charge in [0.05, 0.1) is 12.5 Å². The SMILES string of the molecule is CC1N=C(N)NC(N(C)Cc2ccoc2)=N1. The van der Waals surface area contributed by atoms with Crippen LogP contribution in [0.15, 0.2) is 33.0 Å². The highest BCUT2D eigenvalue weighted by atomic mass is 16.3. The van der Waals surface area contributed by atoms with Crippen LogP contribution in [0.1, 0.15) is 12.5 Å². The van der Waals surface area contributed by atoms with Gasteiger partial charge in [0.1, 0.15) is 6.17 Å². The molecular formula is C10H15N5O. The lowest BCUT2D eigenvalue weighted by Crippen LogP contribution is -2.48. The van der Waals surface area contributed by atoms with Gasteiger partial charge in [0, 0.05) is 19.2 Å². The molecule has 16 heavy (non-hydrogen) atoms. The van der Waals surface area contributed by atoms with Gasteiger partial charge in [-0.1, -0.05) is 0 Å². The number of rotatable bonds is 2. The maximum atomic E-state index is 5.64. The zero-order valence-corrected chi connectivity index (χ0v) is 9.34. The van der Waals surface area contributed by atoms with Crippen molar-refractivity contribution in [3.05, 3.63) is 24.2 Å². The lowest BCUT2D eigenvalue weighted by Gasteiger charge is -2.25. The van der Waals surface area contributed by atoms with Crippen molar-refractivity contribution in [1.29, 1.82) is 0 Å². The Morgan fingerprint density at radius 2 is 2.38 bits per heavy atom. The van der Waals surface area contributed by atoms with E-state index < -0.39 is 0 Å². The molecule has 1 aromatic heterocycles. The standard InChI is InChI=1S/C10H15N5O/c1-7-12-9(11)14-10(13-7)15(2)5-8-3-4-16-6-8/h3-4,6-7H,5H2,1-2H3,(H3,11,12,13,14). The molecule has 0 spiro atoms. The molecule has 1 unspecified atom stereocenters. The Kier molecular flexibility index (Phi) is 2.80. The van der Waals surface area contributed by atoms with Gasteiger partial charge in [-0.3, -0.25) is 5.32 Å². The van der Waals surface area contributed by atoms with E-state index in [-0.39, 0.29) is 6.17 Å². The van der Waals surface area contributed by atoms with Crippen molar-refractivity contribution in [3.8, 4) is 0 Å². The topological polar surface area (TPSA) is 79.1 Å². The first-order valence-electron chi connectivity index (χ1n) is 5.05. The highest BCUT2D eigenvalue weighted by molar-refractivity contribution is 5.99. The third kappa shape index (κ3) is 2.33. The third-order valence-corrected chi connectivity index (χ3v) is 2.24. The van der Waals surface area contributed by atoms with E-state index in [2.05, 4.69) is 15.3 Å². The van der Waals surface area contributed by atoms with Crippen molar-refractivity contribution < 1.29 is 4.42 Å². The van der Waals surface area contributed by atoms with Crippen molar-refractivity contribution in [2.75, 3.05) is 7.05 Å². The summed E-state index contributed by atoms with van der Waals surface area (Å²) in [4.78, 5) is 10.4. The van der Waals surface area contributed by atoms with E-state index in [1.165, 1.54) is 0 Å². The van der Waals surface area contributed by atoms with Crippen molar-refractivity contribution in [1.82, 2.24) is 10.2 Å². The second-order valence-electron chi connectivity index (χ2n) is 3.71. The van der Waals surface area contributed by atoms with E-state index in [9.17, 15) is 0 Å². The summed E-state index contributed by atoms with van der Waals surface area (Å²) < 4.78 is 5.01. The molecule has 2 rings (SSSR count). The fraction of sp³-hybridized carbons (Fsp3) is 0.400. The Balaban J connectivity index is 2.02. The molecule has 0 bridgehead atoms. The van der Waals surface area contributed by atoms with Crippen LogP contribution >= 0.6 is 0 Å². The molecule has 0 aromatic carbocycles. The molecule has 0 amide bonds. The summed E-state index contributed by atoms with van der Waals surface area (Å²) in [5.41, 5.74) is 6.72. The Morgan fingerprint density at radius 3 is 3.00 bits per heavy atom. The Hall–Kier alpha value is -1.98. The lowest BCUT2D eigenvalue weighted by molar-refractivity contribution is 0.472. The zero-order chi connectivity index (χ0) is 11.5. The lowest BCUT2D eigenvalue weighted by atomic mass is 10.3. The second-order valence-corrected chi connectivity index (χ2v) is 3.71. The van der Waals surface area contributed by atoms with Crippen LogP contribution in [0.4, 0.5) is 0 Å². The average Bonchev–Trinajstić information content (AvgIpc) is 2.68. The largest absolute Gasteiger partial charge is 0.472 e. The molecule has 0 fully saturated rings. The number of furan rings is 1. The van der Waals surface area contributed by atoms with E-state index in [0.717, 1.165) is 11.5 Å². The molecule has 86 valence electrons. The first kappa shape index (κ1) is 10.5. The highest BCUT2D eigenvalue weighted by Crippen LogP contribution is 2.06. The normalized spacial score (nSPS) is 19.8. The number of hydrogen-bond acceptors (Lipinski definition) is 6. The van der Waals surface area contributed by atoms with Crippen molar-refractivity contribution in [3.63, 3.8) is 0 Å². The van der Waals surface area contributed by atoms with Gasteiger partial charge in [-0.05, 0) is 13.0 Å². The van der Waals surface area contributed by atoms with E-state index in [4.69, 9.17) is 10.2 Å². The number of nitrogens with zero attached hydrogens (tertiary/aromatic N) is 3. The summed E-state index contributed by atoms with van der Waals surface area (Å²) in [5, 5.41) is 2.93. The molecule has 0 saturated carbocycles. The first-order valence-corrected chi connectivity index (χ1v) is 5.05. The molecule has 1 aromatic rings. The number of nitrogens with one attached hydrogen (secondary N) is 1. The van der Waals surface area contributed by atoms with Gasteiger partial charge < -0.3 is 15.1 Å². The highest BCUT2D eigenvalue weighted by Gasteiger charge is 2.14. The van der Waals surface area contributed by atoms with Gasteiger partial charge in [-0.2, -0.15) is 0 Å². The van der Waals surface area contributed by atoms with Crippen LogP contribution in [0.5, 0.6) is 0 Å². The minimum atomic E-state index is -0.136. The van der Waals surface area contributed by atoms with Crippen LogP contribution in [0.3, 0.4) is 0 Å². The quantitative estimate of drug-likeness (QED) is 0.754. The van der Waals surface area contributed by atoms with E-state index in [0.29, 0.717) is 12.5 Å². The number of aliphatic imine (C=N–C) groups is 2. The Labute approximate surface area is 93.8 Å². The van der Waals surface area contributed by atoms with E-state index >= 15 is 0 Å². The van der Waals surface area contributed by atoms with Gasteiger partial charge in [0.15, 0.2) is 5.96 Å². The van der Waals surface area contributed by atoms with Crippen LogP contribution in [0.25, 0.3) is 0 Å². The fourth-order valence-electron chi connectivity index (χ4n) is 1.51. The van der Waals surface area contributed by atoms with Gasteiger partial charge in [-0.25, -0.2) is 9.98 Å². The average molecular weight is 221 g/mol. The number of hydrogen-bond donors (Lipinski definition) is 2. The maximum absolute atomic E-state index is 5.64. The molecule has 0 radical (unpaired) electrons. The van der Waals surface area contributed by atoms with Gasteiger partial charge >= 0.3 is 0 Å². The predicted molar refractivity (Wildman–Crippen MR) is 61.8 cm³/mol. The Bertz CT molecular complexity index is 409. The Morgan fingerprint density at radius 1 is 1.56 bits per heavy atom. The summed E-state index contributed by atoms with van der Waals surface area (Å²) >= 11 is 0. The second kappa shape index (κ2) is 4.26. The molecule has 1 aliphatic rings. The molecule has 1 atom stereocenters. The molecule has 0 aliphatic carbocycles. The first-order chi connectivity index (χ1) is 7.65. The monoisotopic (exact) mass is 221 g/mol. The molecule has 0 saturated heterocycles. The van der Waals surface area contributed by atoms with Crippen LogP contribution in [0, 0.1) is 0 Å². The van der Waals surface area contributed by atoms with E-state index in [1.807, 2.05) is 24.9 Å². The predicted octanol–water partition coefficient (Wildman–Crippen LogP) is 0.331. The van der Waals surface area contributed by atoms with Gasteiger partial charge in [-0.15, -0.1) is 0 Å². The molecule has 6 heteroatoms. The molecule has 2 heterocycles. The molecule has 1 aliphatic heterocycles. The minimum Gasteiger partial charge on any atom is -0.472 e. The zero-order valence-electron chi connectivity index (χ0n) is 9.34. The number of guanidine groups is 2. The summed E-state index contributed by atoms with van der Waals surface area (Å²) in [6, 6.07) is 1.92. The molecule has 3 N–H and O–H groups in total. The van der Waals surface area contributed by atoms with Crippen molar-refractivity contribution in [2.24, 2.45) is 15.7 Å². The summed E-state index contributed by atoms with van der Waals surface area (Å²) in [6.07, 6.45) is 3.22. The minimum absolute atomic E-state index is 0.136. The summed E-state index contributed by atoms with van der Waals surface area (Å²) in [5.74, 6) is 1.12. The fourth-order valence-corrected chi connectivity index (χ4v) is 1.51. The number of nitrogens with two attached hydrogens (primary N) is 1.